The van der Waals surface area contributed by atoms with Crippen molar-refractivity contribution >= 4 is 35.3 Å². The predicted molar refractivity (Wildman–Crippen MR) is 115 cm³/mol. The van der Waals surface area contributed by atoms with Gasteiger partial charge in [0.25, 0.3) is 0 Å². The van der Waals surface area contributed by atoms with Crippen LogP contribution in [0.1, 0.15) is 31.1 Å². The lowest BCUT2D eigenvalue weighted by Gasteiger charge is -2.32. The number of nitrogens with zero attached hydrogens (tertiary/aromatic N) is 3. The number of ether oxygens (including phenoxy) is 1. The Labute approximate surface area is 175 Å². The third-order valence-electron chi connectivity index (χ3n) is 4.42. The summed E-state index contributed by atoms with van der Waals surface area (Å²) >= 11 is 0. The number of urea groups is 2. The first-order valence-corrected chi connectivity index (χ1v) is 9.80. The van der Waals surface area contributed by atoms with Gasteiger partial charge in [-0.1, -0.05) is 32.1 Å². The lowest BCUT2D eigenvalue weighted by Crippen LogP contribution is -2.48. The van der Waals surface area contributed by atoms with E-state index in [1.54, 1.807) is 43.3 Å². The van der Waals surface area contributed by atoms with E-state index in [9.17, 15) is 14.4 Å². The molecule has 0 aromatic heterocycles. The van der Waals surface area contributed by atoms with Gasteiger partial charge in [-0.05, 0) is 43.2 Å². The number of esters is 1. The van der Waals surface area contributed by atoms with E-state index in [1.165, 1.54) is 4.90 Å². The summed E-state index contributed by atoms with van der Waals surface area (Å²) in [5.41, 5.74) is 1.43. The van der Waals surface area contributed by atoms with Gasteiger partial charge in [0.15, 0.2) is 0 Å². The molecular weight excluding hydrogens is 384 g/mol. The monoisotopic (exact) mass is 408 g/mol. The molecule has 1 aromatic rings. The van der Waals surface area contributed by atoms with Crippen molar-refractivity contribution in [3.05, 3.63) is 54.1 Å². The molecule has 8 nitrogen and oxygen atoms in total. The quantitative estimate of drug-likeness (QED) is 0.742. The zero-order valence-electron chi connectivity index (χ0n) is 17.2. The number of benzene rings is 1. The minimum atomic E-state index is -0.611. The number of carbonyl (C=O) groups is 3. The van der Waals surface area contributed by atoms with E-state index in [1.807, 2.05) is 26.0 Å². The second-order valence-electron chi connectivity index (χ2n) is 7.24. The second kappa shape index (κ2) is 9.30. The van der Waals surface area contributed by atoms with Crippen molar-refractivity contribution < 1.29 is 19.1 Å². The summed E-state index contributed by atoms with van der Waals surface area (Å²) in [5.74, 6) is -0.259. The van der Waals surface area contributed by atoms with Crippen LogP contribution < -0.4 is 5.32 Å². The largest absolute Gasteiger partial charge is 0.462 e. The molecule has 0 fully saturated rings. The topological polar surface area (TPSA) is 100 Å². The molecule has 3 rings (SSSR count). The molecule has 1 atom stereocenters. The van der Waals surface area contributed by atoms with E-state index in [-0.39, 0.29) is 18.4 Å². The van der Waals surface area contributed by atoms with Crippen molar-refractivity contribution in [2.45, 2.75) is 20.8 Å². The van der Waals surface area contributed by atoms with Crippen LogP contribution in [0.4, 0.5) is 15.3 Å². The molecule has 0 radical (unpaired) electrons. The Morgan fingerprint density at radius 2 is 1.97 bits per heavy atom. The smallest absolute Gasteiger partial charge is 0.349 e. The Morgan fingerprint density at radius 1 is 1.23 bits per heavy atom. The Balaban J connectivity index is 1.81. The minimum absolute atomic E-state index is 0.178. The number of aliphatic imine (C=N–C) groups is 2. The van der Waals surface area contributed by atoms with Gasteiger partial charge < -0.3 is 10.1 Å². The number of carbonyl (C=O) groups excluding carboxylic acids is 3. The van der Waals surface area contributed by atoms with Gasteiger partial charge in [0.05, 0.1) is 23.8 Å². The summed E-state index contributed by atoms with van der Waals surface area (Å²) in [7, 11) is 0. The molecule has 1 heterocycles. The van der Waals surface area contributed by atoms with Crippen LogP contribution in [0.3, 0.4) is 0 Å². The molecule has 0 spiro atoms. The molecule has 0 saturated heterocycles. The van der Waals surface area contributed by atoms with Crippen LogP contribution in [-0.2, 0) is 4.74 Å². The van der Waals surface area contributed by atoms with Gasteiger partial charge in [-0.15, -0.1) is 0 Å². The summed E-state index contributed by atoms with van der Waals surface area (Å²) in [5, 5.41) is 2.67. The fourth-order valence-corrected chi connectivity index (χ4v) is 3.12. The number of anilines is 1. The van der Waals surface area contributed by atoms with E-state index >= 15 is 0 Å². The number of hydrogen-bond acceptors (Lipinski definition) is 4. The Hall–Kier alpha value is -3.55. The van der Waals surface area contributed by atoms with Gasteiger partial charge >= 0.3 is 18.0 Å². The van der Waals surface area contributed by atoms with Crippen molar-refractivity contribution in [1.29, 1.82) is 0 Å². The lowest BCUT2D eigenvalue weighted by atomic mass is 9.94. The number of amides is 4. The van der Waals surface area contributed by atoms with E-state index in [2.05, 4.69) is 15.3 Å². The van der Waals surface area contributed by atoms with Gasteiger partial charge in [0.1, 0.15) is 5.84 Å². The Morgan fingerprint density at radius 3 is 2.63 bits per heavy atom. The summed E-state index contributed by atoms with van der Waals surface area (Å²) in [6.45, 7) is 6.38. The first-order chi connectivity index (χ1) is 14.4. The van der Waals surface area contributed by atoms with Crippen LogP contribution in [-0.4, -0.2) is 47.6 Å². The van der Waals surface area contributed by atoms with Crippen molar-refractivity contribution in [2.75, 3.05) is 18.5 Å². The second-order valence-corrected chi connectivity index (χ2v) is 7.24. The standard InChI is InChI=1S/C22H24N4O4/c1-4-30-20(27)15-9-11-16(12-10-15)23-21(28)25-19-17-7-5-6-8-18(17)24-22(29)26(19)13-14(2)3/h5-12,14,17H,4,13H2,1-3H3,(H,23,28)/b25-19+. The molecule has 8 heteroatoms. The first-order valence-electron chi connectivity index (χ1n) is 9.80. The maximum Gasteiger partial charge on any atom is 0.349 e. The molecular formula is C22H24N4O4. The highest BCUT2D eigenvalue weighted by Crippen LogP contribution is 2.22. The molecule has 1 aromatic carbocycles. The molecule has 2 aliphatic rings. The third-order valence-corrected chi connectivity index (χ3v) is 4.42. The van der Waals surface area contributed by atoms with Crippen LogP contribution in [0.2, 0.25) is 0 Å². The van der Waals surface area contributed by atoms with E-state index in [4.69, 9.17) is 4.74 Å². The molecule has 1 aliphatic carbocycles. The average Bonchev–Trinajstić information content (AvgIpc) is 2.71. The van der Waals surface area contributed by atoms with Crippen LogP contribution in [0, 0.1) is 11.8 Å². The van der Waals surface area contributed by atoms with E-state index in [0.717, 1.165) is 0 Å². The number of hydrogen-bond donors (Lipinski definition) is 1. The van der Waals surface area contributed by atoms with Gasteiger partial charge in [0, 0.05) is 12.2 Å². The number of nitrogens with one attached hydrogen (secondary N) is 1. The summed E-state index contributed by atoms with van der Waals surface area (Å²) in [6, 6.07) is 5.28. The molecule has 1 aliphatic heterocycles. The third kappa shape index (κ3) is 4.89. The fourth-order valence-electron chi connectivity index (χ4n) is 3.12. The summed E-state index contributed by atoms with van der Waals surface area (Å²) in [4.78, 5) is 46.6. The number of allylic oxidation sites excluding steroid dienone is 3. The van der Waals surface area contributed by atoms with Gasteiger partial charge in [-0.3, -0.25) is 4.90 Å². The van der Waals surface area contributed by atoms with E-state index < -0.39 is 18.0 Å². The highest BCUT2D eigenvalue weighted by Gasteiger charge is 2.34. The van der Waals surface area contributed by atoms with Gasteiger partial charge in [-0.2, -0.15) is 9.98 Å². The molecule has 30 heavy (non-hydrogen) atoms. The van der Waals surface area contributed by atoms with Crippen molar-refractivity contribution in [2.24, 2.45) is 21.8 Å². The summed E-state index contributed by atoms with van der Waals surface area (Å²) in [6.07, 6.45) is 7.24. The predicted octanol–water partition coefficient (Wildman–Crippen LogP) is 4.07. The van der Waals surface area contributed by atoms with Gasteiger partial charge in [-0.25, -0.2) is 14.4 Å². The highest BCUT2D eigenvalue weighted by atomic mass is 16.5. The number of rotatable bonds is 5. The Kier molecular flexibility index (Phi) is 6.56. The fraction of sp³-hybridized carbons (Fsp3) is 0.318. The average molecular weight is 408 g/mol. The summed E-state index contributed by atoms with van der Waals surface area (Å²) < 4.78 is 4.94. The van der Waals surface area contributed by atoms with Gasteiger partial charge in [0.2, 0.25) is 0 Å². The first kappa shape index (κ1) is 21.2. The zero-order chi connectivity index (χ0) is 21.7. The Bertz CT molecular complexity index is 958. The van der Waals surface area contributed by atoms with Crippen LogP contribution in [0.15, 0.2) is 58.6 Å². The van der Waals surface area contributed by atoms with Crippen LogP contribution in [0.25, 0.3) is 0 Å². The number of fused-ring (bicyclic) bond motifs is 1. The maximum absolute atomic E-state index is 12.6. The van der Waals surface area contributed by atoms with Crippen molar-refractivity contribution in [3.8, 4) is 0 Å². The molecule has 0 bridgehead atoms. The molecule has 4 amide bonds. The molecule has 0 saturated carbocycles. The lowest BCUT2D eigenvalue weighted by molar-refractivity contribution is 0.0526. The highest BCUT2D eigenvalue weighted by molar-refractivity contribution is 6.24. The number of amidine groups is 1. The maximum atomic E-state index is 12.6. The van der Waals surface area contributed by atoms with Crippen LogP contribution >= 0.6 is 0 Å². The van der Waals surface area contributed by atoms with Crippen LogP contribution in [0.5, 0.6) is 0 Å². The zero-order valence-corrected chi connectivity index (χ0v) is 17.2. The molecule has 156 valence electrons. The van der Waals surface area contributed by atoms with Crippen molar-refractivity contribution in [1.82, 2.24) is 4.90 Å². The minimum Gasteiger partial charge on any atom is -0.462 e. The molecule has 1 unspecified atom stereocenters. The molecule has 1 N–H and O–H groups in total. The van der Waals surface area contributed by atoms with Crippen molar-refractivity contribution in [3.63, 3.8) is 0 Å². The SMILES string of the molecule is CCOC(=O)c1ccc(NC(=O)/N=C2\C3C=CC=CC3=NC(=O)N2CC(C)C)cc1. The normalized spacial score (nSPS) is 19.0. The van der Waals surface area contributed by atoms with E-state index in [0.29, 0.717) is 29.3 Å².